The second-order valence-electron chi connectivity index (χ2n) is 4.67. The molecule has 6 heteroatoms. The van der Waals surface area contributed by atoms with E-state index in [-0.39, 0.29) is 17.9 Å². The summed E-state index contributed by atoms with van der Waals surface area (Å²) >= 11 is 0. The van der Waals surface area contributed by atoms with Gasteiger partial charge >= 0.3 is 0 Å². The van der Waals surface area contributed by atoms with Crippen molar-refractivity contribution in [3.8, 4) is 11.4 Å². The van der Waals surface area contributed by atoms with Crippen molar-refractivity contribution in [2.75, 3.05) is 0 Å². The zero-order chi connectivity index (χ0) is 13.8. The number of nitrogens with zero attached hydrogens (tertiary/aromatic N) is 3. The van der Waals surface area contributed by atoms with Crippen molar-refractivity contribution in [1.82, 2.24) is 25.5 Å². The second kappa shape index (κ2) is 5.60. The Balaban J connectivity index is 2.11. The van der Waals surface area contributed by atoms with Gasteiger partial charge in [-0.05, 0) is 19.1 Å². The third kappa shape index (κ3) is 3.15. The van der Waals surface area contributed by atoms with Gasteiger partial charge in [-0.2, -0.15) is 5.10 Å². The molecular weight excluding hydrogens is 242 g/mol. The van der Waals surface area contributed by atoms with E-state index in [1.165, 1.54) is 0 Å². The first-order valence-electron chi connectivity index (χ1n) is 6.21. The van der Waals surface area contributed by atoms with Crippen molar-refractivity contribution >= 4 is 5.91 Å². The standard InChI is InChI=1S/C13H17N5O/c1-8(2)13(19)15-9(3)11-16-12(18-17-11)10-5-4-6-14-7-10/h4-9H,1-3H3,(H,15,19)(H,16,17,18)/t9-/m0/s1. The predicted octanol–water partition coefficient (Wildman–Crippen LogP) is 1.70. The summed E-state index contributed by atoms with van der Waals surface area (Å²) in [5, 5.41) is 9.85. The Kier molecular flexibility index (Phi) is 3.89. The summed E-state index contributed by atoms with van der Waals surface area (Å²) < 4.78 is 0. The Labute approximate surface area is 111 Å². The molecule has 0 aliphatic rings. The molecule has 6 nitrogen and oxygen atoms in total. The SMILES string of the molecule is CC(C)C(=O)N[C@@H](C)c1nc(-c2cccnc2)n[nH]1. The van der Waals surface area contributed by atoms with Crippen molar-refractivity contribution in [3.63, 3.8) is 0 Å². The van der Waals surface area contributed by atoms with Crippen LogP contribution in [0.4, 0.5) is 0 Å². The molecule has 2 rings (SSSR count). The molecule has 1 atom stereocenters. The number of rotatable bonds is 4. The Bertz CT molecular complexity index is 549. The molecule has 0 saturated heterocycles. The lowest BCUT2D eigenvalue weighted by Gasteiger charge is -2.12. The van der Waals surface area contributed by atoms with Gasteiger partial charge in [0.2, 0.25) is 5.91 Å². The summed E-state index contributed by atoms with van der Waals surface area (Å²) in [4.78, 5) is 20.0. The van der Waals surface area contributed by atoms with Gasteiger partial charge in [-0.1, -0.05) is 13.8 Å². The summed E-state index contributed by atoms with van der Waals surface area (Å²) in [5.41, 5.74) is 0.840. The van der Waals surface area contributed by atoms with Crippen LogP contribution in [0.5, 0.6) is 0 Å². The average Bonchev–Trinajstić information content (AvgIpc) is 2.89. The van der Waals surface area contributed by atoms with E-state index in [9.17, 15) is 4.79 Å². The van der Waals surface area contributed by atoms with Crippen molar-refractivity contribution in [2.24, 2.45) is 5.92 Å². The highest BCUT2D eigenvalue weighted by molar-refractivity contribution is 5.78. The lowest BCUT2D eigenvalue weighted by Crippen LogP contribution is -2.30. The molecule has 2 aromatic heterocycles. The quantitative estimate of drug-likeness (QED) is 0.875. The monoisotopic (exact) mass is 259 g/mol. The Morgan fingerprint density at radius 1 is 1.37 bits per heavy atom. The number of hydrogen-bond acceptors (Lipinski definition) is 4. The molecule has 0 radical (unpaired) electrons. The molecular formula is C13H17N5O. The molecule has 0 aliphatic heterocycles. The summed E-state index contributed by atoms with van der Waals surface area (Å²) in [5.74, 6) is 1.15. The summed E-state index contributed by atoms with van der Waals surface area (Å²) in [6.07, 6.45) is 3.40. The van der Waals surface area contributed by atoms with E-state index in [0.29, 0.717) is 11.6 Å². The highest BCUT2D eigenvalue weighted by atomic mass is 16.1. The topological polar surface area (TPSA) is 83.6 Å². The smallest absolute Gasteiger partial charge is 0.223 e. The zero-order valence-corrected chi connectivity index (χ0v) is 11.2. The number of aromatic nitrogens is 4. The van der Waals surface area contributed by atoms with Crippen LogP contribution in [-0.2, 0) is 4.79 Å². The predicted molar refractivity (Wildman–Crippen MR) is 71.0 cm³/mol. The number of aromatic amines is 1. The number of amides is 1. The maximum atomic E-state index is 11.6. The van der Waals surface area contributed by atoms with E-state index in [1.807, 2.05) is 32.9 Å². The van der Waals surface area contributed by atoms with E-state index in [2.05, 4.69) is 25.5 Å². The highest BCUT2D eigenvalue weighted by Gasteiger charge is 2.16. The van der Waals surface area contributed by atoms with E-state index >= 15 is 0 Å². The van der Waals surface area contributed by atoms with Crippen molar-refractivity contribution in [1.29, 1.82) is 0 Å². The third-order valence-electron chi connectivity index (χ3n) is 2.72. The fourth-order valence-corrected chi connectivity index (χ4v) is 1.54. The molecule has 1 amide bonds. The van der Waals surface area contributed by atoms with Gasteiger partial charge in [0.15, 0.2) is 5.82 Å². The fourth-order valence-electron chi connectivity index (χ4n) is 1.54. The van der Waals surface area contributed by atoms with Crippen LogP contribution in [0.15, 0.2) is 24.5 Å². The minimum absolute atomic E-state index is 0.00757. The molecule has 2 heterocycles. The molecule has 0 bridgehead atoms. The van der Waals surface area contributed by atoms with E-state index in [0.717, 1.165) is 5.56 Å². The van der Waals surface area contributed by atoms with Crippen LogP contribution in [0, 0.1) is 5.92 Å². The first kappa shape index (κ1) is 13.2. The first-order chi connectivity index (χ1) is 9.08. The van der Waals surface area contributed by atoms with E-state index in [1.54, 1.807) is 12.4 Å². The van der Waals surface area contributed by atoms with E-state index in [4.69, 9.17) is 0 Å². The minimum atomic E-state index is -0.201. The molecule has 0 aliphatic carbocycles. The van der Waals surface area contributed by atoms with Crippen molar-refractivity contribution in [3.05, 3.63) is 30.4 Å². The third-order valence-corrected chi connectivity index (χ3v) is 2.72. The fraction of sp³-hybridized carbons (Fsp3) is 0.385. The number of carbonyl (C=O) groups is 1. The number of H-pyrrole nitrogens is 1. The number of carbonyl (C=O) groups excluding carboxylic acids is 1. The van der Waals surface area contributed by atoms with Gasteiger partial charge in [0.05, 0.1) is 6.04 Å². The normalized spacial score (nSPS) is 12.4. The van der Waals surface area contributed by atoms with Crippen LogP contribution >= 0.6 is 0 Å². The van der Waals surface area contributed by atoms with Crippen molar-refractivity contribution < 1.29 is 4.79 Å². The van der Waals surface area contributed by atoms with E-state index < -0.39 is 0 Å². The second-order valence-corrected chi connectivity index (χ2v) is 4.67. The molecule has 0 fully saturated rings. The first-order valence-corrected chi connectivity index (χ1v) is 6.21. The molecule has 0 unspecified atom stereocenters. The number of nitrogens with one attached hydrogen (secondary N) is 2. The number of pyridine rings is 1. The maximum absolute atomic E-state index is 11.6. The number of hydrogen-bond donors (Lipinski definition) is 2. The Morgan fingerprint density at radius 3 is 2.79 bits per heavy atom. The van der Waals surface area contributed by atoms with Crippen LogP contribution < -0.4 is 5.32 Å². The highest BCUT2D eigenvalue weighted by Crippen LogP contribution is 2.15. The van der Waals surface area contributed by atoms with Gasteiger partial charge in [0, 0.05) is 23.9 Å². The summed E-state index contributed by atoms with van der Waals surface area (Å²) in [6.45, 7) is 5.57. The lowest BCUT2D eigenvalue weighted by atomic mass is 10.2. The molecule has 0 spiro atoms. The van der Waals surface area contributed by atoms with Crippen LogP contribution in [0.2, 0.25) is 0 Å². The Morgan fingerprint density at radius 2 is 2.16 bits per heavy atom. The molecule has 0 aromatic carbocycles. The molecule has 2 N–H and O–H groups in total. The maximum Gasteiger partial charge on any atom is 0.223 e. The lowest BCUT2D eigenvalue weighted by molar-refractivity contribution is -0.124. The van der Waals surface area contributed by atoms with Crippen LogP contribution in [0.3, 0.4) is 0 Å². The Hall–Kier alpha value is -2.24. The van der Waals surface area contributed by atoms with Crippen LogP contribution in [0.25, 0.3) is 11.4 Å². The minimum Gasteiger partial charge on any atom is -0.346 e. The van der Waals surface area contributed by atoms with Gasteiger partial charge in [-0.25, -0.2) is 4.98 Å². The van der Waals surface area contributed by atoms with Crippen LogP contribution in [-0.4, -0.2) is 26.1 Å². The molecule has 2 aromatic rings. The molecule has 100 valence electrons. The van der Waals surface area contributed by atoms with Gasteiger partial charge in [0.1, 0.15) is 5.82 Å². The van der Waals surface area contributed by atoms with Gasteiger partial charge < -0.3 is 5.32 Å². The van der Waals surface area contributed by atoms with Gasteiger partial charge in [-0.15, -0.1) is 0 Å². The van der Waals surface area contributed by atoms with Crippen LogP contribution in [0.1, 0.15) is 32.6 Å². The van der Waals surface area contributed by atoms with Gasteiger partial charge in [0.25, 0.3) is 0 Å². The van der Waals surface area contributed by atoms with Gasteiger partial charge in [-0.3, -0.25) is 14.9 Å². The molecule has 0 saturated carbocycles. The zero-order valence-electron chi connectivity index (χ0n) is 11.2. The van der Waals surface area contributed by atoms with Crippen molar-refractivity contribution in [2.45, 2.75) is 26.8 Å². The summed E-state index contributed by atoms with van der Waals surface area (Å²) in [7, 11) is 0. The summed E-state index contributed by atoms with van der Waals surface area (Å²) in [6, 6.07) is 3.51. The molecule has 19 heavy (non-hydrogen) atoms. The average molecular weight is 259 g/mol. The largest absolute Gasteiger partial charge is 0.346 e.